The zero-order valence-electron chi connectivity index (χ0n) is 46.5. The van der Waals surface area contributed by atoms with E-state index in [9.17, 15) is 19.8 Å². The summed E-state index contributed by atoms with van der Waals surface area (Å²) < 4.78 is 5.49. The summed E-state index contributed by atoms with van der Waals surface area (Å²) in [6.07, 6.45) is 77.0. The van der Waals surface area contributed by atoms with Gasteiger partial charge in [0, 0.05) is 12.8 Å². The van der Waals surface area contributed by atoms with E-state index in [1.165, 1.54) is 225 Å². The molecule has 0 saturated heterocycles. The lowest BCUT2D eigenvalue weighted by Crippen LogP contribution is -2.45. The minimum absolute atomic E-state index is 0.00398. The maximum Gasteiger partial charge on any atom is 0.305 e. The summed E-state index contributed by atoms with van der Waals surface area (Å²) in [5.41, 5.74) is 0. The van der Waals surface area contributed by atoms with Gasteiger partial charge in [-0.3, -0.25) is 9.59 Å². The number of rotatable bonds is 56. The van der Waals surface area contributed by atoms with Crippen LogP contribution in [0.5, 0.6) is 0 Å². The topological polar surface area (TPSA) is 95.9 Å². The third-order valence-electron chi connectivity index (χ3n) is 13.8. The van der Waals surface area contributed by atoms with E-state index in [0.29, 0.717) is 19.4 Å². The standard InChI is InChI=1S/C64H117NO5/c1-3-5-7-9-11-13-14-15-16-17-25-29-32-35-38-42-46-50-54-58-64(69)70-59-55-51-47-43-39-36-33-30-27-24-22-20-18-19-21-23-26-28-31-34-37-41-45-49-53-57-63(68)65-61(60-66)62(67)56-52-48-44-40-12-10-8-6-4-2/h11,13,15-16,19-22,52,56,61-62,66-67H,3-10,12,14,17-18,23-51,53-55,57-60H2,1-2H3,(H,65,68)/b13-11-,16-15-,21-19-,22-20-,56-52+. The van der Waals surface area contributed by atoms with Gasteiger partial charge in [-0.1, -0.05) is 261 Å². The Hall–Kier alpha value is -2.44. The number of allylic oxidation sites excluding steroid dienone is 9. The van der Waals surface area contributed by atoms with Gasteiger partial charge in [-0.2, -0.15) is 0 Å². The molecule has 0 rings (SSSR count). The summed E-state index contributed by atoms with van der Waals surface area (Å²) in [7, 11) is 0. The number of amides is 1. The Morgan fingerprint density at radius 3 is 1.11 bits per heavy atom. The van der Waals surface area contributed by atoms with Crippen molar-refractivity contribution in [3.8, 4) is 0 Å². The summed E-state index contributed by atoms with van der Waals surface area (Å²) in [5, 5.41) is 22.9. The second kappa shape index (κ2) is 59.1. The predicted molar refractivity (Wildman–Crippen MR) is 305 cm³/mol. The van der Waals surface area contributed by atoms with Crippen LogP contribution in [0.2, 0.25) is 0 Å². The van der Waals surface area contributed by atoms with E-state index in [2.05, 4.69) is 67.8 Å². The van der Waals surface area contributed by atoms with Gasteiger partial charge in [0.25, 0.3) is 0 Å². The fraction of sp³-hybridized carbons (Fsp3) is 0.812. The number of carbonyl (C=O) groups is 2. The van der Waals surface area contributed by atoms with Gasteiger partial charge in [0.15, 0.2) is 0 Å². The van der Waals surface area contributed by atoms with Crippen LogP contribution in [0.4, 0.5) is 0 Å². The van der Waals surface area contributed by atoms with Crippen molar-refractivity contribution in [1.82, 2.24) is 5.32 Å². The molecule has 0 bridgehead atoms. The lowest BCUT2D eigenvalue weighted by molar-refractivity contribution is -0.143. The van der Waals surface area contributed by atoms with Crippen molar-refractivity contribution in [2.75, 3.05) is 13.2 Å². The lowest BCUT2D eigenvalue weighted by atomic mass is 10.0. The molecular weight excluding hydrogens is 863 g/mol. The van der Waals surface area contributed by atoms with Crippen LogP contribution in [0, 0.1) is 0 Å². The first-order valence-corrected chi connectivity index (χ1v) is 30.6. The molecule has 0 saturated carbocycles. The van der Waals surface area contributed by atoms with Gasteiger partial charge < -0.3 is 20.3 Å². The Labute approximate surface area is 435 Å². The molecule has 0 aromatic carbocycles. The molecule has 0 radical (unpaired) electrons. The van der Waals surface area contributed by atoms with Crippen molar-refractivity contribution in [3.05, 3.63) is 60.8 Å². The van der Waals surface area contributed by atoms with Crippen molar-refractivity contribution in [2.45, 2.75) is 321 Å². The first-order chi connectivity index (χ1) is 34.5. The third-order valence-corrected chi connectivity index (χ3v) is 13.8. The molecule has 408 valence electrons. The Kier molecular flexibility index (Phi) is 57.1. The van der Waals surface area contributed by atoms with Crippen LogP contribution >= 0.6 is 0 Å². The minimum atomic E-state index is -0.847. The summed E-state index contributed by atoms with van der Waals surface area (Å²) in [6, 6.07) is -0.631. The van der Waals surface area contributed by atoms with Gasteiger partial charge in [0.2, 0.25) is 5.91 Å². The number of aliphatic hydroxyl groups is 2. The summed E-state index contributed by atoms with van der Waals surface area (Å²) in [6.45, 7) is 4.84. The average Bonchev–Trinajstić information content (AvgIpc) is 3.36. The van der Waals surface area contributed by atoms with E-state index < -0.39 is 12.1 Å². The second-order valence-electron chi connectivity index (χ2n) is 20.7. The van der Waals surface area contributed by atoms with E-state index >= 15 is 0 Å². The van der Waals surface area contributed by atoms with Crippen molar-refractivity contribution >= 4 is 11.9 Å². The minimum Gasteiger partial charge on any atom is -0.466 e. The van der Waals surface area contributed by atoms with Gasteiger partial charge in [0.1, 0.15) is 0 Å². The molecule has 0 aliphatic heterocycles. The smallest absolute Gasteiger partial charge is 0.305 e. The van der Waals surface area contributed by atoms with E-state index in [0.717, 1.165) is 57.8 Å². The monoisotopic (exact) mass is 980 g/mol. The summed E-state index contributed by atoms with van der Waals surface area (Å²) >= 11 is 0. The van der Waals surface area contributed by atoms with E-state index in [-0.39, 0.29) is 18.5 Å². The molecule has 0 aliphatic carbocycles. The zero-order chi connectivity index (χ0) is 50.7. The van der Waals surface area contributed by atoms with E-state index in [4.69, 9.17) is 4.74 Å². The van der Waals surface area contributed by atoms with E-state index in [1.54, 1.807) is 6.08 Å². The highest BCUT2D eigenvalue weighted by atomic mass is 16.5. The molecule has 1 amide bonds. The predicted octanol–water partition coefficient (Wildman–Crippen LogP) is 19.1. The molecule has 0 aromatic rings. The molecule has 6 heteroatoms. The van der Waals surface area contributed by atoms with Crippen molar-refractivity contribution in [2.24, 2.45) is 0 Å². The van der Waals surface area contributed by atoms with Crippen LogP contribution in [0.15, 0.2) is 60.8 Å². The third kappa shape index (κ3) is 54.9. The number of unbranched alkanes of at least 4 members (excludes halogenated alkanes) is 37. The highest BCUT2D eigenvalue weighted by molar-refractivity contribution is 5.76. The molecule has 2 atom stereocenters. The average molecular weight is 981 g/mol. The van der Waals surface area contributed by atoms with Crippen molar-refractivity contribution < 1.29 is 24.5 Å². The highest BCUT2D eigenvalue weighted by Crippen LogP contribution is 2.16. The molecule has 3 N–H and O–H groups in total. The fourth-order valence-electron chi connectivity index (χ4n) is 9.05. The second-order valence-corrected chi connectivity index (χ2v) is 20.7. The zero-order valence-corrected chi connectivity index (χ0v) is 46.5. The Morgan fingerprint density at radius 2 is 0.714 bits per heavy atom. The van der Waals surface area contributed by atoms with Crippen LogP contribution < -0.4 is 5.32 Å². The first-order valence-electron chi connectivity index (χ1n) is 30.6. The summed E-state index contributed by atoms with van der Waals surface area (Å²) in [5.74, 6) is -0.0737. The van der Waals surface area contributed by atoms with Crippen molar-refractivity contribution in [3.63, 3.8) is 0 Å². The maximum absolute atomic E-state index is 12.4. The van der Waals surface area contributed by atoms with Crippen molar-refractivity contribution in [1.29, 1.82) is 0 Å². The van der Waals surface area contributed by atoms with Crippen LogP contribution in [0.25, 0.3) is 0 Å². The lowest BCUT2D eigenvalue weighted by Gasteiger charge is -2.20. The highest BCUT2D eigenvalue weighted by Gasteiger charge is 2.18. The molecule has 0 spiro atoms. The normalized spacial score (nSPS) is 13.0. The maximum atomic E-state index is 12.4. The van der Waals surface area contributed by atoms with E-state index in [1.807, 2.05) is 6.08 Å². The van der Waals surface area contributed by atoms with Gasteiger partial charge in [-0.15, -0.1) is 0 Å². The molecule has 0 aliphatic rings. The quantitative estimate of drug-likeness (QED) is 0.0321. The molecule has 70 heavy (non-hydrogen) atoms. The molecule has 2 unspecified atom stereocenters. The molecule has 6 nitrogen and oxygen atoms in total. The molecule has 0 fully saturated rings. The number of nitrogens with one attached hydrogen (secondary N) is 1. The number of hydrogen-bond acceptors (Lipinski definition) is 5. The van der Waals surface area contributed by atoms with Crippen LogP contribution in [0.1, 0.15) is 309 Å². The van der Waals surface area contributed by atoms with Crippen LogP contribution in [-0.4, -0.2) is 47.4 Å². The number of hydrogen-bond donors (Lipinski definition) is 3. The van der Waals surface area contributed by atoms with Gasteiger partial charge >= 0.3 is 5.97 Å². The van der Waals surface area contributed by atoms with Crippen LogP contribution in [-0.2, 0) is 14.3 Å². The molecular formula is C64H117NO5. The summed E-state index contributed by atoms with van der Waals surface area (Å²) in [4.78, 5) is 24.5. The Balaban J connectivity index is 3.42. The Morgan fingerprint density at radius 1 is 0.400 bits per heavy atom. The number of ether oxygens (including phenoxy) is 1. The number of esters is 1. The van der Waals surface area contributed by atoms with Gasteiger partial charge in [0.05, 0.1) is 25.4 Å². The SMILES string of the molecule is CCCCC/C=C\C/C=C\CCCCCCCCCCCC(=O)OCCCCCCCCCCC/C=C\C/C=C\CCCCCCCCCCCC(=O)NC(CO)C(O)/C=C/CCCCCCCCC. The first kappa shape index (κ1) is 67.6. The van der Waals surface area contributed by atoms with Crippen LogP contribution in [0.3, 0.4) is 0 Å². The number of aliphatic hydroxyl groups excluding tert-OH is 2. The Bertz CT molecular complexity index is 1220. The van der Waals surface area contributed by atoms with Gasteiger partial charge in [-0.25, -0.2) is 0 Å². The molecule has 0 heterocycles. The van der Waals surface area contributed by atoms with Gasteiger partial charge in [-0.05, 0) is 96.3 Å². The fourth-order valence-corrected chi connectivity index (χ4v) is 9.05. The largest absolute Gasteiger partial charge is 0.466 e. The number of carbonyl (C=O) groups excluding carboxylic acids is 2. The molecule has 0 aromatic heterocycles.